The molecule has 4 heterocycles. The Morgan fingerprint density at radius 2 is 1.66 bits per heavy atom. The highest BCUT2D eigenvalue weighted by molar-refractivity contribution is 7.93. The van der Waals surface area contributed by atoms with Crippen LogP contribution in [0.25, 0.3) is 17.1 Å². The van der Waals surface area contributed by atoms with Gasteiger partial charge in [-0.05, 0) is 19.1 Å². The van der Waals surface area contributed by atoms with E-state index in [-0.39, 0.29) is 35.1 Å². The van der Waals surface area contributed by atoms with Crippen molar-refractivity contribution in [1.82, 2.24) is 39.7 Å². The fourth-order valence-electron chi connectivity index (χ4n) is 3.60. The van der Waals surface area contributed by atoms with Crippen LogP contribution in [0.4, 0.5) is 5.95 Å². The van der Waals surface area contributed by atoms with Gasteiger partial charge in [-0.15, -0.1) is 10.2 Å². The van der Waals surface area contributed by atoms with E-state index in [9.17, 15) is 8.42 Å². The highest BCUT2D eigenvalue weighted by Crippen LogP contribution is 2.35. The van der Waals surface area contributed by atoms with E-state index in [2.05, 4.69) is 39.8 Å². The summed E-state index contributed by atoms with van der Waals surface area (Å²) in [5.41, 5.74) is 1.01. The fourth-order valence-corrected chi connectivity index (χ4v) is 4.74. The van der Waals surface area contributed by atoms with Crippen molar-refractivity contribution in [2.24, 2.45) is 0 Å². The summed E-state index contributed by atoms with van der Waals surface area (Å²) >= 11 is 0. The third kappa shape index (κ3) is 5.16. The summed E-state index contributed by atoms with van der Waals surface area (Å²) in [7, 11) is 1.48. The first-order valence-corrected chi connectivity index (χ1v) is 12.6. The number of anilines is 1. The van der Waals surface area contributed by atoms with Crippen LogP contribution in [-0.2, 0) is 14.8 Å². The highest BCUT2D eigenvalue weighted by Gasteiger charge is 2.35. The largest absolute Gasteiger partial charge is 0.480 e. The quantitative estimate of drug-likeness (QED) is 0.288. The van der Waals surface area contributed by atoms with Gasteiger partial charge in [-0.2, -0.15) is 9.97 Å². The third-order valence-electron chi connectivity index (χ3n) is 5.50. The maximum absolute atomic E-state index is 13.6. The first-order valence-electron chi connectivity index (χ1n) is 11.0. The Hall–Kier alpha value is -4.44. The molecule has 0 bridgehead atoms. The molecule has 0 aliphatic carbocycles. The smallest absolute Gasteiger partial charge is 0.245 e. The summed E-state index contributed by atoms with van der Waals surface area (Å²) in [6.45, 7) is 1.47. The first-order chi connectivity index (χ1) is 18.3. The first kappa shape index (κ1) is 26.6. The van der Waals surface area contributed by atoms with Crippen molar-refractivity contribution < 1.29 is 27.4 Å². The summed E-state index contributed by atoms with van der Waals surface area (Å²) in [6, 6.07) is 3.44. The van der Waals surface area contributed by atoms with Crippen LogP contribution in [0.5, 0.6) is 17.6 Å². The topological polar surface area (TPSA) is 178 Å². The lowest BCUT2D eigenvalue weighted by atomic mass is 10.2. The van der Waals surface area contributed by atoms with Crippen molar-refractivity contribution in [1.29, 1.82) is 0 Å². The second-order valence-electron chi connectivity index (χ2n) is 7.66. The molecule has 4 rings (SSSR count). The van der Waals surface area contributed by atoms with Gasteiger partial charge < -0.3 is 18.9 Å². The molecule has 16 heteroatoms. The maximum Gasteiger partial charge on any atom is 0.245 e. The fraction of sp³-hybridized carbons (Fsp3) is 0.318. The Morgan fingerprint density at radius 3 is 2.21 bits per heavy atom. The summed E-state index contributed by atoms with van der Waals surface area (Å²) in [5, 5.41) is 7.18. The second-order valence-corrected chi connectivity index (χ2v) is 9.69. The zero-order chi connectivity index (χ0) is 27.3. The lowest BCUT2D eigenvalue weighted by Gasteiger charge is -2.23. The van der Waals surface area contributed by atoms with Gasteiger partial charge in [0.15, 0.2) is 11.5 Å². The zero-order valence-electron chi connectivity index (χ0n) is 21.1. The van der Waals surface area contributed by atoms with Crippen LogP contribution >= 0.6 is 0 Å². The van der Waals surface area contributed by atoms with Crippen LogP contribution < -0.4 is 18.9 Å². The zero-order valence-corrected chi connectivity index (χ0v) is 21.9. The van der Waals surface area contributed by atoms with Crippen molar-refractivity contribution in [2.45, 2.75) is 18.3 Å². The molecule has 0 radical (unpaired) electrons. The molecule has 2 atom stereocenters. The molecule has 0 saturated carbocycles. The number of nitrogens with one attached hydrogen (secondary N) is 1. The van der Waals surface area contributed by atoms with E-state index in [4.69, 9.17) is 18.9 Å². The molecular formula is C22H25N9O6S. The molecule has 38 heavy (non-hydrogen) atoms. The second kappa shape index (κ2) is 11.3. The summed E-state index contributed by atoms with van der Waals surface area (Å²) in [6.07, 6.45) is 6.19. The Labute approximate surface area is 218 Å². The molecular weight excluding hydrogens is 518 g/mol. The molecule has 200 valence electrons. The lowest BCUT2D eigenvalue weighted by Crippen LogP contribution is -2.33. The number of aromatic nitrogens is 8. The van der Waals surface area contributed by atoms with Gasteiger partial charge in [0.25, 0.3) is 0 Å². The molecule has 0 unspecified atom stereocenters. The van der Waals surface area contributed by atoms with E-state index in [0.717, 1.165) is 0 Å². The van der Waals surface area contributed by atoms with Crippen LogP contribution in [0.1, 0.15) is 18.7 Å². The number of pyridine rings is 1. The number of ether oxygens (including phenoxy) is 4. The molecule has 1 N–H and O–H groups in total. The summed E-state index contributed by atoms with van der Waals surface area (Å²) < 4.78 is 52.4. The van der Waals surface area contributed by atoms with Gasteiger partial charge >= 0.3 is 0 Å². The maximum atomic E-state index is 13.6. The third-order valence-corrected chi connectivity index (χ3v) is 7.19. The van der Waals surface area contributed by atoms with E-state index >= 15 is 0 Å². The molecule has 0 spiro atoms. The summed E-state index contributed by atoms with van der Waals surface area (Å²) in [5.74, 6) is 0.537. The van der Waals surface area contributed by atoms with E-state index in [1.165, 1.54) is 58.7 Å². The standard InChI is InChI=1S/C22H25N9O6S/c1-13(18(35-3)15-10-25-16(34-2)11-24-15)38(32,33)30-22-29-28-19(14-7-6-8-23-9-14)31(22)17-20(36-4)26-12-27-21(17)37-5/h6-13,18H,1-5H3,(H,29,30)/t13-,18-/m1/s1. The number of hydrogen-bond acceptors (Lipinski definition) is 13. The van der Waals surface area contributed by atoms with Crippen molar-refractivity contribution in [2.75, 3.05) is 33.2 Å². The number of methoxy groups -OCH3 is 4. The molecule has 4 aromatic rings. The van der Waals surface area contributed by atoms with Gasteiger partial charge in [0.05, 0.1) is 39.4 Å². The molecule has 0 aliphatic rings. The average Bonchev–Trinajstić information content (AvgIpc) is 3.35. The predicted octanol–water partition coefficient (Wildman–Crippen LogP) is 1.45. The Kier molecular flexibility index (Phi) is 7.92. The van der Waals surface area contributed by atoms with E-state index in [1.54, 1.807) is 24.5 Å². The minimum atomic E-state index is -4.16. The van der Waals surface area contributed by atoms with Gasteiger partial charge in [0.2, 0.25) is 33.6 Å². The monoisotopic (exact) mass is 543 g/mol. The van der Waals surface area contributed by atoms with Crippen molar-refractivity contribution in [3.63, 3.8) is 0 Å². The van der Waals surface area contributed by atoms with Crippen LogP contribution in [0.3, 0.4) is 0 Å². The van der Waals surface area contributed by atoms with Crippen LogP contribution in [-0.4, -0.2) is 81.8 Å². The summed E-state index contributed by atoms with van der Waals surface area (Å²) in [4.78, 5) is 20.7. The van der Waals surface area contributed by atoms with E-state index in [1.807, 2.05) is 0 Å². The predicted molar refractivity (Wildman–Crippen MR) is 134 cm³/mol. The Morgan fingerprint density at radius 1 is 0.921 bits per heavy atom. The molecule has 4 aromatic heterocycles. The average molecular weight is 544 g/mol. The number of sulfonamides is 1. The minimum absolute atomic E-state index is 0.0959. The van der Waals surface area contributed by atoms with E-state index < -0.39 is 21.4 Å². The van der Waals surface area contributed by atoms with Crippen LogP contribution in [0.2, 0.25) is 0 Å². The minimum Gasteiger partial charge on any atom is -0.480 e. The van der Waals surface area contributed by atoms with Crippen LogP contribution in [0.15, 0.2) is 43.2 Å². The molecule has 0 fully saturated rings. The molecule has 0 aliphatic heterocycles. The van der Waals surface area contributed by atoms with Gasteiger partial charge in [-0.1, -0.05) is 0 Å². The van der Waals surface area contributed by atoms with Gasteiger partial charge in [-0.3, -0.25) is 19.3 Å². The SMILES string of the molecule is COc1cnc([C@H](OC)[C@@H](C)S(=O)(=O)Nc2nnc(-c3cccnc3)n2-c2c(OC)ncnc2OC)cn1. The Balaban J connectivity index is 1.80. The van der Waals surface area contributed by atoms with E-state index in [0.29, 0.717) is 11.3 Å². The molecule has 0 amide bonds. The Bertz CT molecular complexity index is 1460. The van der Waals surface area contributed by atoms with Gasteiger partial charge in [0, 0.05) is 25.1 Å². The highest BCUT2D eigenvalue weighted by atomic mass is 32.2. The number of hydrogen-bond donors (Lipinski definition) is 1. The van der Waals surface area contributed by atoms with Crippen molar-refractivity contribution in [3.8, 4) is 34.7 Å². The normalized spacial score (nSPS) is 13.0. The van der Waals surface area contributed by atoms with Gasteiger partial charge in [0.1, 0.15) is 17.7 Å². The van der Waals surface area contributed by atoms with Gasteiger partial charge in [-0.25, -0.2) is 13.4 Å². The molecule has 0 saturated heterocycles. The number of rotatable bonds is 11. The number of nitrogens with zero attached hydrogens (tertiary/aromatic N) is 8. The molecule has 15 nitrogen and oxygen atoms in total. The van der Waals surface area contributed by atoms with Crippen molar-refractivity contribution >= 4 is 16.0 Å². The molecule has 0 aromatic carbocycles. The van der Waals surface area contributed by atoms with Crippen molar-refractivity contribution in [3.05, 3.63) is 48.9 Å². The lowest BCUT2D eigenvalue weighted by molar-refractivity contribution is 0.0984. The van der Waals surface area contributed by atoms with Crippen LogP contribution in [0, 0.1) is 0 Å².